The van der Waals surface area contributed by atoms with E-state index in [-0.39, 0.29) is 11.3 Å². The maximum Gasteiger partial charge on any atom is 0.278 e. The van der Waals surface area contributed by atoms with Gasteiger partial charge in [0.25, 0.3) is 16.7 Å². The fourth-order valence-electron chi connectivity index (χ4n) is 5.94. The summed E-state index contributed by atoms with van der Waals surface area (Å²) in [6.07, 6.45) is 9.60. The van der Waals surface area contributed by atoms with Crippen molar-refractivity contribution in [3.05, 3.63) is 57.0 Å². The number of aromatic nitrogens is 2. The molecule has 1 aliphatic carbocycles. The molecule has 1 aromatic carbocycles. The first-order valence-corrected chi connectivity index (χ1v) is 14.8. The van der Waals surface area contributed by atoms with Crippen LogP contribution in [0.3, 0.4) is 0 Å². The van der Waals surface area contributed by atoms with Crippen molar-refractivity contribution >= 4 is 27.9 Å². The highest BCUT2D eigenvalue weighted by molar-refractivity contribution is 7.13. The SMILES string of the molecule is Cn1ccc2c(C(=O)CC3CCC(CCN4CCc5nc(OCC(C)(F)F)sc5CC4)CC3)cccc2c1=O. The maximum atomic E-state index is 13.2. The molecule has 5 rings (SSSR count). The third-order valence-corrected chi connectivity index (χ3v) is 9.31. The summed E-state index contributed by atoms with van der Waals surface area (Å²) >= 11 is 1.41. The Labute approximate surface area is 232 Å². The number of thiazole rings is 1. The molecule has 0 unspecified atom stereocenters. The van der Waals surface area contributed by atoms with Crippen LogP contribution in [-0.4, -0.2) is 52.4 Å². The number of rotatable bonds is 9. The van der Waals surface area contributed by atoms with Crippen LogP contribution in [0.25, 0.3) is 10.8 Å². The van der Waals surface area contributed by atoms with Gasteiger partial charge in [-0.1, -0.05) is 36.3 Å². The lowest BCUT2D eigenvalue weighted by Gasteiger charge is -2.30. The van der Waals surface area contributed by atoms with Crippen molar-refractivity contribution in [2.45, 2.75) is 64.2 Å². The van der Waals surface area contributed by atoms with Crippen LogP contribution < -0.4 is 10.3 Å². The summed E-state index contributed by atoms with van der Waals surface area (Å²) in [4.78, 5) is 33.8. The highest BCUT2D eigenvalue weighted by atomic mass is 32.1. The van der Waals surface area contributed by atoms with E-state index in [4.69, 9.17) is 4.74 Å². The summed E-state index contributed by atoms with van der Waals surface area (Å²) in [5, 5.41) is 1.71. The van der Waals surface area contributed by atoms with E-state index in [1.54, 1.807) is 23.9 Å². The molecule has 2 aromatic heterocycles. The predicted molar refractivity (Wildman–Crippen MR) is 150 cm³/mol. The van der Waals surface area contributed by atoms with E-state index in [0.29, 0.717) is 34.4 Å². The van der Waals surface area contributed by atoms with Crippen molar-refractivity contribution in [1.29, 1.82) is 0 Å². The van der Waals surface area contributed by atoms with E-state index in [2.05, 4.69) is 9.88 Å². The van der Waals surface area contributed by atoms with Crippen molar-refractivity contribution in [1.82, 2.24) is 14.5 Å². The molecule has 0 N–H and O–H groups in total. The number of carbonyl (C=O) groups excluding carboxylic acids is 1. The standard InChI is InChI=1S/C30H37F2N3O3S/c1-30(31,32)19-38-29-33-25-12-16-35(17-13-27(25)39-29)15-10-20-6-8-21(9-7-20)18-26(36)23-4-3-5-24-22(23)11-14-34(2)28(24)37/h3-5,11,14,20-21H,6-10,12-13,15-19H2,1-2H3. The second-order valence-electron chi connectivity index (χ2n) is 11.4. The van der Waals surface area contributed by atoms with Crippen LogP contribution in [0.2, 0.25) is 0 Å². The minimum Gasteiger partial charge on any atom is -0.464 e. The predicted octanol–water partition coefficient (Wildman–Crippen LogP) is 5.90. The summed E-state index contributed by atoms with van der Waals surface area (Å²) in [5.41, 5.74) is 1.59. The molecule has 0 radical (unpaired) electrons. The van der Waals surface area contributed by atoms with Gasteiger partial charge in [-0.3, -0.25) is 9.59 Å². The molecule has 0 atom stereocenters. The average Bonchev–Trinajstić information content (AvgIpc) is 3.21. The number of nitrogens with zero attached hydrogens (tertiary/aromatic N) is 3. The van der Waals surface area contributed by atoms with Crippen molar-refractivity contribution in [2.75, 3.05) is 26.2 Å². The van der Waals surface area contributed by atoms with Crippen LogP contribution in [0, 0.1) is 11.8 Å². The molecule has 3 aromatic rings. The molecule has 0 saturated heterocycles. The molecule has 0 bridgehead atoms. The number of fused-ring (bicyclic) bond motifs is 2. The van der Waals surface area contributed by atoms with Crippen LogP contribution in [0.1, 0.15) is 66.4 Å². The molecule has 0 amide bonds. The van der Waals surface area contributed by atoms with Gasteiger partial charge in [-0.25, -0.2) is 13.8 Å². The number of hydrogen-bond donors (Lipinski definition) is 0. The van der Waals surface area contributed by atoms with Gasteiger partial charge in [-0.15, -0.1) is 0 Å². The first-order valence-electron chi connectivity index (χ1n) is 14.0. The second-order valence-corrected chi connectivity index (χ2v) is 12.4. The molecular formula is C30H37F2N3O3S. The Balaban J connectivity index is 1.06. The Hall–Kier alpha value is -2.65. The van der Waals surface area contributed by atoms with E-state index in [1.165, 1.54) is 11.3 Å². The smallest absolute Gasteiger partial charge is 0.278 e. The Morgan fingerprint density at radius 3 is 2.62 bits per heavy atom. The van der Waals surface area contributed by atoms with Gasteiger partial charge in [-0.05, 0) is 61.6 Å². The van der Waals surface area contributed by atoms with Gasteiger partial charge in [0.1, 0.15) is 0 Å². The third-order valence-electron chi connectivity index (χ3n) is 8.24. The first kappa shape index (κ1) is 27.9. The third kappa shape index (κ3) is 6.92. The number of Topliss-reactive ketones (excluding diaryl/α,β-unsaturated/α-hetero) is 1. The lowest BCUT2D eigenvalue weighted by molar-refractivity contribution is -0.0230. The number of halogens is 2. The zero-order valence-electron chi connectivity index (χ0n) is 22.8. The molecule has 1 saturated carbocycles. The summed E-state index contributed by atoms with van der Waals surface area (Å²) in [5.74, 6) is -1.63. The summed E-state index contributed by atoms with van der Waals surface area (Å²) in [6, 6.07) is 7.33. The monoisotopic (exact) mass is 557 g/mol. The van der Waals surface area contributed by atoms with E-state index in [9.17, 15) is 18.4 Å². The molecule has 0 spiro atoms. The van der Waals surface area contributed by atoms with Crippen LogP contribution in [0.4, 0.5) is 8.78 Å². The van der Waals surface area contributed by atoms with Gasteiger partial charge in [0, 0.05) is 61.9 Å². The molecule has 1 aliphatic heterocycles. The van der Waals surface area contributed by atoms with Crippen LogP contribution in [-0.2, 0) is 19.9 Å². The van der Waals surface area contributed by atoms with E-state index >= 15 is 0 Å². The number of benzene rings is 1. The molecule has 2 aliphatic rings. The maximum absolute atomic E-state index is 13.2. The van der Waals surface area contributed by atoms with Crippen LogP contribution in [0.15, 0.2) is 35.3 Å². The van der Waals surface area contributed by atoms with Crippen molar-refractivity contribution in [3.8, 4) is 5.19 Å². The second kappa shape index (κ2) is 11.8. The van der Waals surface area contributed by atoms with Gasteiger partial charge in [-0.2, -0.15) is 0 Å². The van der Waals surface area contributed by atoms with E-state index in [0.717, 1.165) is 87.5 Å². The molecule has 39 heavy (non-hydrogen) atoms. The lowest BCUT2D eigenvalue weighted by atomic mass is 9.78. The molecule has 9 heteroatoms. The van der Waals surface area contributed by atoms with Crippen LogP contribution >= 0.6 is 11.3 Å². The topological polar surface area (TPSA) is 64.4 Å². The quantitative estimate of drug-likeness (QED) is 0.307. The summed E-state index contributed by atoms with van der Waals surface area (Å²) in [6.45, 7) is 3.16. The molecular weight excluding hydrogens is 520 g/mol. The number of aryl methyl sites for hydroxylation is 1. The van der Waals surface area contributed by atoms with Gasteiger partial charge in [0.05, 0.1) is 5.69 Å². The molecule has 6 nitrogen and oxygen atoms in total. The average molecular weight is 558 g/mol. The van der Waals surface area contributed by atoms with Gasteiger partial charge < -0.3 is 14.2 Å². The van der Waals surface area contributed by atoms with Crippen molar-refractivity contribution in [2.24, 2.45) is 18.9 Å². The van der Waals surface area contributed by atoms with Gasteiger partial charge in [0.2, 0.25) is 0 Å². The minimum atomic E-state index is -2.85. The highest BCUT2D eigenvalue weighted by Gasteiger charge is 2.27. The number of ketones is 1. The number of pyridine rings is 1. The Bertz CT molecular complexity index is 1350. The van der Waals surface area contributed by atoms with E-state index < -0.39 is 12.5 Å². The fourth-order valence-corrected chi connectivity index (χ4v) is 6.88. The minimum absolute atomic E-state index is 0.0722. The Kier molecular flexibility index (Phi) is 8.47. The van der Waals surface area contributed by atoms with Gasteiger partial charge in [0.15, 0.2) is 12.4 Å². The van der Waals surface area contributed by atoms with E-state index in [1.807, 2.05) is 18.2 Å². The number of carbonyl (C=O) groups is 1. The number of ether oxygens (including phenoxy) is 1. The zero-order chi connectivity index (χ0) is 27.6. The Morgan fingerprint density at radius 2 is 1.85 bits per heavy atom. The normalized spacial score (nSPS) is 20.5. The van der Waals surface area contributed by atoms with Crippen molar-refractivity contribution < 1.29 is 18.3 Å². The van der Waals surface area contributed by atoms with Crippen LogP contribution in [0.5, 0.6) is 5.19 Å². The number of hydrogen-bond acceptors (Lipinski definition) is 6. The summed E-state index contributed by atoms with van der Waals surface area (Å²) in [7, 11) is 1.73. The zero-order valence-corrected chi connectivity index (χ0v) is 23.6. The molecule has 1 fully saturated rings. The number of alkyl halides is 2. The molecule has 3 heterocycles. The first-order chi connectivity index (χ1) is 18.7. The Morgan fingerprint density at radius 1 is 1.10 bits per heavy atom. The summed E-state index contributed by atoms with van der Waals surface area (Å²) < 4.78 is 32.9. The van der Waals surface area contributed by atoms with Gasteiger partial charge >= 0.3 is 0 Å². The highest BCUT2D eigenvalue weighted by Crippen LogP contribution is 2.34. The lowest BCUT2D eigenvalue weighted by Crippen LogP contribution is -2.30. The largest absolute Gasteiger partial charge is 0.464 e. The fraction of sp³-hybridized carbons (Fsp3) is 0.567. The molecule has 210 valence electrons. The van der Waals surface area contributed by atoms with Crippen molar-refractivity contribution in [3.63, 3.8) is 0 Å².